The minimum Gasteiger partial charge on any atom is -0.491 e. The summed E-state index contributed by atoms with van der Waals surface area (Å²) in [7, 11) is 0. The SMILES string of the molecule is CCOc1ccnc2[nH]c(=O)n(-c3ccc4nncc(N5CCNCC5)c4c3)c12. The van der Waals surface area contributed by atoms with Crippen LogP contribution in [0.4, 0.5) is 5.69 Å². The Hall–Kier alpha value is -3.46. The van der Waals surface area contributed by atoms with Crippen molar-refractivity contribution < 1.29 is 4.74 Å². The molecule has 4 aromatic rings. The van der Waals surface area contributed by atoms with Crippen LogP contribution in [0.5, 0.6) is 5.75 Å². The van der Waals surface area contributed by atoms with Crippen molar-refractivity contribution in [2.75, 3.05) is 37.7 Å². The Morgan fingerprint density at radius 2 is 2.07 bits per heavy atom. The van der Waals surface area contributed by atoms with Gasteiger partial charge in [-0.15, -0.1) is 0 Å². The first-order chi connectivity index (χ1) is 14.3. The molecule has 1 aromatic carbocycles. The number of pyridine rings is 1. The third-order valence-electron chi connectivity index (χ3n) is 5.16. The second-order valence-electron chi connectivity index (χ2n) is 6.87. The maximum Gasteiger partial charge on any atom is 0.332 e. The van der Waals surface area contributed by atoms with Crippen molar-refractivity contribution >= 4 is 27.8 Å². The molecule has 0 amide bonds. The number of ether oxygens (including phenoxy) is 1. The summed E-state index contributed by atoms with van der Waals surface area (Å²) in [5.74, 6) is 0.617. The quantitative estimate of drug-likeness (QED) is 0.543. The van der Waals surface area contributed by atoms with Gasteiger partial charge in [0.05, 0.1) is 29.7 Å². The minimum atomic E-state index is -0.259. The number of hydrogen-bond acceptors (Lipinski definition) is 7. The maximum absolute atomic E-state index is 12.8. The Morgan fingerprint density at radius 1 is 1.21 bits per heavy atom. The van der Waals surface area contributed by atoms with Gasteiger partial charge in [0.15, 0.2) is 5.65 Å². The molecule has 29 heavy (non-hydrogen) atoms. The van der Waals surface area contributed by atoms with Crippen LogP contribution in [0.2, 0.25) is 0 Å². The fourth-order valence-corrected chi connectivity index (χ4v) is 3.85. The highest BCUT2D eigenvalue weighted by molar-refractivity contribution is 5.93. The minimum absolute atomic E-state index is 0.259. The zero-order valence-corrected chi connectivity index (χ0v) is 16.1. The van der Waals surface area contributed by atoms with Crippen LogP contribution in [-0.2, 0) is 0 Å². The van der Waals surface area contributed by atoms with E-state index in [-0.39, 0.29) is 5.69 Å². The predicted octanol–water partition coefficient (Wildman–Crippen LogP) is 1.47. The summed E-state index contributed by atoms with van der Waals surface area (Å²) in [5.41, 5.74) is 3.41. The van der Waals surface area contributed by atoms with Crippen LogP contribution in [0, 0.1) is 0 Å². The van der Waals surface area contributed by atoms with Crippen molar-refractivity contribution in [1.29, 1.82) is 0 Å². The monoisotopic (exact) mass is 391 g/mol. The number of nitrogens with one attached hydrogen (secondary N) is 2. The van der Waals surface area contributed by atoms with Crippen LogP contribution >= 0.6 is 0 Å². The van der Waals surface area contributed by atoms with E-state index in [1.165, 1.54) is 0 Å². The lowest BCUT2D eigenvalue weighted by atomic mass is 10.1. The van der Waals surface area contributed by atoms with E-state index in [0.29, 0.717) is 23.5 Å². The molecule has 0 bridgehead atoms. The number of hydrogen-bond donors (Lipinski definition) is 2. The van der Waals surface area contributed by atoms with Gasteiger partial charge in [-0.3, -0.25) is 9.55 Å². The van der Waals surface area contributed by atoms with Crippen molar-refractivity contribution in [1.82, 2.24) is 30.0 Å². The van der Waals surface area contributed by atoms with E-state index in [0.717, 1.165) is 48.5 Å². The summed E-state index contributed by atoms with van der Waals surface area (Å²) >= 11 is 0. The first-order valence-corrected chi connectivity index (χ1v) is 9.70. The van der Waals surface area contributed by atoms with E-state index >= 15 is 0 Å². The van der Waals surface area contributed by atoms with E-state index in [4.69, 9.17) is 4.74 Å². The van der Waals surface area contributed by atoms with E-state index in [9.17, 15) is 4.79 Å². The Bertz CT molecular complexity index is 1240. The molecular formula is C20H21N7O2. The molecule has 1 aliphatic heterocycles. The van der Waals surface area contributed by atoms with Gasteiger partial charge in [-0.2, -0.15) is 10.2 Å². The normalized spacial score (nSPS) is 14.6. The van der Waals surface area contributed by atoms with Gasteiger partial charge in [-0.05, 0) is 25.1 Å². The van der Waals surface area contributed by atoms with Crippen molar-refractivity contribution in [2.45, 2.75) is 6.92 Å². The highest BCUT2D eigenvalue weighted by Gasteiger charge is 2.18. The number of imidazole rings is 1. The molecule has 2 N–H and O–H groups in total. The molecule has 0 spiro atoms. The van der Waals surface area contributed by atoms with Gasteiger partial charge in [-0.1, -0.05) is 0 Å². The summed E-state index contributed by atoms with van der Waals surface area (Å²) in [6.45, 7) is 6.06. The molecule has 1 aliphatic rings. The number of anilines is 1. The zero-order valence-electron chi connectivity index (χ0n) is 16.1. The summed E-state index contributed by atoms with van der Waals surface area (Å²) in [6, 6.07) is 7.52. The van der Waals surface area contributed by atoms with Crippen molar-refractivity contribution in [3.8, 4) is 11.4 Å². The molecule has 9 heteroatoms. The number of piperazine rings is 1. The second kappa shape index (κ2) is 7.17. The molecule has 1 saturated heterocycles. The second-order valence-corrected chi connectivity index (χ2v) is 6.87. The number of aromatic amines is 1. The average molecular weight is 391 g/mol. The largest absolute Gasteiger partial charge is 0.491 e. The molecule has 3 aromatic heterocycles. The topological polar surface area (TPSA) is 101 Å². The number of benzene rings is 1. The van der Waals surface area contributed by atoms with Crippen LogP contribution in [0.15, 0.2) is 41.5 Å². The third-order valence-corrected chi connectivity index (χ3v) is 5.16. The first-order valence-electron chi connectivity index (χ1n) is 9.70. The van der Waals surface area contributed by atoms with Crippen LogP contribution < -0.4 is 20.6 Å². The molecule has 4 heterocycles. The average Bonchev–Trinajstić information content (AvgIpc) is 3.10. The summed E-state index contributed by atoms with van der Waals surface area (Å²) in [5, 5.41) is 12.8. The smallest absolute Gasteiger partial charge is 0.332 e. The maximum atomic E-state index is 12.8. The van der Waals surface area contributed by atoms with Gasteiger partial charge in [0, 0.05) is 43.8 Å². The highest BCUT2D eigenvalue weighted by atomic mass is 16.5. The molecule has 0 atom stereocenters. The lowest BCUT2D eigenvalue weighted by Crippen LogP contribution is -2.43. The molecule has 0 radical (unpaired) electrons. The Labute approximate surface area is 166 Å². The van der Waals surface area contributed by atoms with Gasteiger partial charge in [0.25, 0.3) is 0 Å². The van der Waals surface area contributed by atoms with Crippen molar-refractivity contribution in [3.05, 3.63) is 47.1 Å². The van der Waals surface area contributed by atoms with E-state index in [1.54, 1.807) is 23.0 Å². The van der Waals surface area contributed by atoms with Gasteiger partial charge >= 0.3 is 5.69 Å². The number of nitrogens with zero attached hydrogens (tertiary/aromatic N) is 5. The van der Waals surface area contributed by atoms with Gasteiger partial charge in [0.2, 0.25) is 0 Å². The summed E-state index contributed by atoms with van der Waals surface area (Å²) in [6.07, 6.45) is 3.43. The number of aromatic nitrogens is 5. The lowest BCUT2D eigenvalue weighted by Gasteiger charge is -2.29. The molecule has 148 valence electrons. The molecule has 0 unspecified atom stereocenters. The Kier molecular flexibility index (Phi) is 4.36. The van der Waals surface area contributed by atoms with Gasteiger partial charge in [0.1, 0.15) is 11.3 Å². The molecule has 1 fully saturated rings. The molecule has 0 saturated carbocycles. The summed E-state index contributed by atoms with van der Waals surface area (Å²) in [4.78, 5) is 22.2. The summed E-state index contributed by atoms with van der Waals surface area (Å²) < 4.78 is 7.35. The first kappa shape index (κ1) is 17.6. The molecule has 5 rings (SSSR count). The van der Waals surface area contributed by atoms with E-state index < -0.39 is 0 Å². The Balaban J connectivity index is 1.72. The van der Waals surface area contributed by atoms with Gasteiger partial charge in [-0.25, -0.2) is 9.78 Å². The van der Waals surface area contributed by atoms with Crippen molar-refractivity contribution in [3.63, 3.8) is 0 Å². The van der Waals surface area contributed by atoms with Crippen molar-refractivity contribution in [2.24, 2.45) is 0 Å². The number of rotatable bonds is 4. The fourth-order valence-electron chi connectivity index (χ4n) is 3.85. The molecular weight excluding hydrogens is 370 g/mol. The third kappa shape index (κ3) is 2.99. The Morgan fingerprint density at radius 3 is 2.90 bits per heavy atom. The highest BCUT2D eigenvalue weighted by Crippen LogP contribution is 2.29. The van der Waals surface area contributed by atoms with Crippen LogP contribution in [0.25, 0.3) is 27.8 Å². The van der Waals surface area contributed by atoms with Crippen LogP contribution in [-0.4, -0.2) is 57.5 Å². The van der Waals surface area contributed by atoms with Crippen LogP contribution in [0.1, 0.15) is 6.92 Å². The molecule has 9 nitrogen and oxygen atoms in total. The zero-order chi connectivity index (χ0) is 19.8. The lowest BCUT2D eigenvalue weighted by molar-refractivity contribution is 0.343. The predicted molar refractivity (Wildman–Crippen MR) is 111 cm³/mol. The standard InChI is InChI=1S/C20H21N7O2/c1-2-29-17-5-6-22-19-18(17)27(20(28)24-19)13-3-4-15-14(11-13)16(12-23-25-15)26-9-7-21-8-10-26/h3-6,11-12,21H,2,7-10H2,1H3,(H,22,24,28). The number of H-pyrrole nitrogens is 1. The van der Waals surface area contributed by atoms with Gasteiger partial charge < -0.3 is 15.0 Å². The van der Waals surface area contributed by atoms with E-state index in [2.05, 4.69) is 30.4 Å². The molecule has 0 aliphatic carbocycles. The van der Waals surface area contributed by atoms with Crippen LogP contribution in [0.3, 0.4) is 0 Å². The fraction of sp³-hybridized carbons (Fsp3) is 0.300. The number of fused-ring (bicyclic) bond motifs is 2. The van der Waals surface area contributed by atoms with E-state index in [1.807, 2.05) is 25.1 Å².